The Morgan fingerprint density at radius 1 is 1.00 bits per heavy atom. The van der Waals surface area contributed by atoms with Gasteiger partial charge < -0.3 is 0 Å². The Hall–Kier alpha value is -2.28. The Bertz CT molecular complexity index is 827. The van der Waals surface area contributed by atoms with E-state index in [4.69, 9.17) is 0 Å². The molecule has 146 valence electrons. The lowest BCUT2D eigenvalue weighted by Gasteiger charge is -2.36. The molecule has 5 nitrogen and oxygen atoms in total. The SMILES string of the molecule is O=C1C[C@H](N2CCN(C/C=C/c3ccccc3)CC2)C(=O)N1Cc1cccs1. The number of carbonyl (C=O) groups is 2. The quantitative estimate of drug-likeness (QED) is 0.706. The van der Waals surface area contributed by atoms with Gasteiger partial charge in [0.25, 0.3) is 0 Å². The Labute approximate surface area is 169 Å². The molecule has 1 aromatic carbocycles. The smallest absolute Gasteiger partial charge is 0.247 e. The number of imide groups is 1. The van der Waals surface area contributed by atoms with Gasteiger partial charge in [0.15, 0.2) is 0 Å². The normalized spacial score (nSPS) is 21.9. The van der Waals surface area contributed by atoms with Crippen LogP contribution < -0.4 is 0 Å². The summed E-state index contributed by atoms with van der Waals surface area (Å²) in [6.07, 6.45) is 4.66. The van der Waals surface area contributed by atoms with Gasteiger partial charge in [-0.05, 0) is 17.0 Å². The first kappa shape index (κ1) is 19.1. The third-order valence-corrected chi connectivity index (χ3v) is 6.30. The Balaban J connectivity index is 1.27. The van der Waals surface area contributed by atoms with Crippen LogP contribution in [-0.2, 0) is 16.1 Å². The molecular weight excluding hydrogens is 370 g/mol. The highest BCUT2D eigenvalue weighted by atomic mass is 32.1. The van der Waals surface area contributed by atoms with Crippen molar-refractivity contribution in [2.24, 2.45) is 0 Å². The maximum Gasteiger partial charge on any atom is 0.247 e. The first-order valence-electron chi connectivity index (χ1n) is 9.75. The van der Waals surface area contributed by atoms with Gasteiger partial charge >= 0.3 is 0 Å². The first-order chi connectivity index (χ1) is 13.7. The number of hydrogen-bond acceptors (Lipinski definition) is 5. The van der Waals surface area contributed by atoms with Gasteiger partial charge in [0.2, 0.25) is 11.8 Å². The van der Waals surface area contributed by atoms with Crippen LogP contribution in [-0.4, -0.2) is 65.3 Å². The van der Waals surface area contributed by atoms with Crippen molar-refractivity contribution in [3.8, 4) is 0 Å². The third kappa shape index (κ3) is 4.41. The van der Waals surface area contributed by atoms with E-state index < -0.39 is 0 Å². The largest absolute Gasteiger partial charge is 0.297 e. The molecule has 2 aliphatic heterocycles. The van der Waals surface area contributed by atoms with E-state index in [-0.39, 0.29) is 17.9 Å². The number of amides is 2. The fourth-order valence-electron chi connectivity index (χ4n) is 3.84. The molecule has 0 N–H and O–H groups in total. The zero-order valence-electron chi connectivity index (χ0n) is 15.9. The highest BCUT2D eigenvalue weighted by Crippen LogP contribution is 2.23. The Morgan fingerprint density at radius 3 is 2.50 bits per heavy atom. The monoisotopic (exact) mass is 395 g/mol. The van der Waals surface area contributed by atoms with Crippen LogP contribution >= 0.6 is 11.3 Å². The number of thiophene rings is 1. The molecule has 0 spiro atoms. The summed E-state index contributed by atoms with van der Waals surface area (Å²) in [6, 6.07) is 13.9. The molecule has 2 saturated heterocycles. The molecule has 1 aromatic heterocycles. The number of carbonyl (C=O) groups excluding carboxylic acids is 2. The van der Waals surface area contributed by atoms with Gasteiger partial charge in [0, 0.05) is 37.6 Å². The van der Waals surface area contributed by atoms with Crippen LogP contribution in [0.1, 0.15) is 16.9 Å². The topological polar surface area (TPSA) is 43.9 Å². The highest BCUT2D eigenvalue weighted by Gasteiger charge is 2.42. The lowest BCUT2D eigenvalue weighted by Crippen LogP contribution is -2.52. The van der Waals surface area contributed by atoms with E-state index in [1.807, 2.05) is 35.7 Å². The molecule has 2 aromatic rings. The average Bonchev–Trinajstić information content (AvgIpc) is 3.33. The molecule has 0 saturated carbocycles. The summed E-state index contributed by atoms with van der Waals surface area (Å²) >= 11 is 1.58. The van der Waals surface area contributed by atoms with Gasteiger partial charge in [-0.1, -0.05) is 48.6 Å². The van der Waals surface area contributed by atoms with Gasteiger partial charge in [0.1, 0.15) is 0 Å². The zero-order valence-corrected chi connectivity index (χ0v) is 16.7. The predicted octanol–water partition coefficient (Wildman–Crippen LogP) is 2.71. The van der Waals surface area contributed by atoms with Crippen molar-refractivity contribution in [1.82, 2.24) is 14.7 Å². The molecule has 0 unspecified atom stereocenters. The lowest BCUT2D eigenvalue weighted by atomic mass is 10.1. The molecule has 1 atom stereocenters. The summed E-state index contributed by atoms with van der Waals surface area (Å²) in [5.41, 5.74) is 1.21. The molecule has 2 fully saturated rings. The summed E-state index contributed by atoms with van der Waals surface area (Å²) in [5.74, 6) is -0.0764. The van der Waals surface area contributed by atoms with E-state index >= 15 is 0 Å². The number of benzene rings is 1. The van der Waals surface area contributed by atoms with Gasteiger partial charge in [-0.2, -0.15) is 0 Å². The number of rotatable bonds is 6. The van der Waals surface area contributed by atoms with Crippen molar-refractivity contribution < 1.29 is 9.59 Å². The number of likely N-dealkylation sites (tertiary alicyclic amines) is 1. The third-order valence-electron chi connectivity index (χ3n) is 5.44. The molecular formula is C22H25N3O2S. The van der Waals surface area contributed by atoms with E-state index in [2.05, 4.69) is 34.1 Å². The van der Waals surface area contributed by atoms with Crippen molar-refractivity contribution in [3.05, 3.63) is 64.4 Å². The minimum atomic E-state index is -0.283. The summed E-state index contributed by atoms with van der Waals surface area (Å²) in [5, 5.41) is 1.98. The summed E-state index contributed by atoms with van der Waals surface area (Å²) in [6.45, 7) is 4.82. The maximum absolute atomic E-state index is 12.8. The van der Waals surface area contributed by atoms with Gasteiger partial charge in [-0.25, -0.2) is 0 Å². The Kier molecular flexibility index (Phi) is 6.00. The van der Waals surface area contributed by atoms with E-state index in [0.717, 1.165) is 37.6 Å². The van der Waals surface area contributed by atoms with Crippen molar-refractivity contribution in [2.75, 3.05) is 32.7 Å². The van der Waals surface area contributed by atoms with Crippen molar-refractivity contribution in [2.45, 2.75) is 19.0 Å². The van der Waals surface area contributed by atoms with Crippen LogP contribution in [0.25, 0.3) is 6.08 Å². The maximum atomic E-state index is 12.8. The zero-order chi connectivity index (χ0) is 19.3. The molecule has 28 heavy (non-hydrogen) atoms. The van der Waals surface area contributed by atoms with E-state index in [1.165, 1.54) is 10.5 Å². The average molecular weight is 396 g/mol. The molecule has 0 aliphatic carbocycles. The van der Waals surface area contributed by atoms with Gasteiger partial charge in [-0.15, -0.1) is 11.3 Å². The second-order valence-electron chi connectivity index (χ2n) is 7.27. The number of piperazine rings is 1. The highest BCUT2D eigenvalue weighted by molar-refractivity contribution is 7.09. The van der Waals surface area contributed by atoms with E-state index in [0.29, 0.717) is 13.0 Å². The number of nitrogens with zero attached hydrogens (tertiary/aromatic N) is 3. The van der Waals surface area contributed by atoms with Crippen LogP contribution in [0.3, 0.4) is 0 Å². The summed E-state index contributed by atoms with van der Waals surface area (Å²) in [4.78, 5) is 32.2. The fraction of sp³-hybridized carbons (Fsp3) is 0.364. The fourth-order valence-corrected chi connectivity index (χ4v) is 4.53. The summed E-state index contributed by atoms with van der Waals surface area (Å²) < 4.78 is 0. The van der Waals surface area contributed by atoms with Crippen molar-refractivity contribution in [3.63, 3.8) is 0 Å². The second-order valence-corrected chi connectivity index (χ2v) is 8.30. The molecule has 0 radical (unpaired) electrons. The molecule has 4 rings (SSSR count). The minimum Gasteiger partial charge on any atom is -0.297 e. The minimum absolute atomic E-state index is 0.0316. The molecule has 3 heterocycles. The van der Waals surface area contributed by atoms with Crippen molar-refractivity contribution >= 4 is 29.2 Å². The van der Waals surface area contributed by atoms with E-state index in [1.54, 1.807) is 11.3 Å². The van der Waals surface area contributed by atoms with Crippen LogP contribution in [0.4, 0.5) is 0 Å². The van der Waals surface area contributed by atoms with Crippen LogP contribution in [0.15, 0.2) is 53.9 Å². The van der Waals surface area contributed by atoms with Crippen molar-refractivity contribution in [1.29, 1.82) is 0 Å². The number of hydrogen-bond donors (Lipinski definition) is 0. The van der Waals surface area contributed by atoms with Crippen LogP contribution in [0, 0.1) is 0 Å². The molecule has 2 aliphatic rings. The standard InChI is InChI=1S/C22H25N3O2S/c26-21-16-20(22(27)25(21)17-19-9-5-15-28-19)24-13-11-23(12-14-24)10-4-8-18-6-2-1-3-7-18/h1-9,15,20H,10-14,16-17H2/b8-4+/t20-/m0/s1. The van der Waals surface area contributed by atoms with Crippen LogP contribution in [0.5, 0.6) is 0 Å². The van der Waals surface area contributed by atoms with Gasteiger partial charge in [-0.3, -0.25) is 24.3 Å². The Morgan fingerprint density at radius 2 is 1.79 bits per heavy atom. The molecule has 6 heteroatoms. The lowest BCUT2D eigenvalue weighted by molar-refractivity contribution is -0.140. The molecule has 0 bridgehead atoms. The van der Waals surface area contributed by atoms with E-state index in [9.17, 15) is 9.59 Å². The second kappa shape index (κ2) is 8.82. The van der Waals surface area contributed by atoms with Crippen LogP contribution in [0.2, 0.25) is 0 Å². The predicted molar refractivity (Wildman–Crippen MR) is 112 cm³/mol. The first-order valence-corrected chi connectivity index (χ1v) is 10.6. The molecule has 2 amide bonds. The summed E-state index contributed by atoms with van der Waals surface area (Å²) in [7, 11) is 0. The van der Waals surface area contributed by atoms with Gasteiger partial charge in [0.05, 0.1) is 19.0 Å².